The van der Waals surface area contributed by atoms with Crippen LogP contribution in [0, 0.1) is 18.3 Å². The highest BCUT2D eigenvalue weighted by atomic mass is 16.5. The molecule has 0 spiro atoms. The van der Waals surface area contributed by atoms with Gasteiger partial charge in [-0.3, -0.25) is 25.2 Å². The number of carbonyl (C=O) groups is 4. The molecule has 0 saturated heterocycles. The molecule has 2 aromatic rings. The second kappa shape index (κ2) is 12.7. The van der Waals surface area contributed by atoms with E-state index >= 15 is 0 Å². The zero-order valence-electron chi connectivity index (χ0n) is 19.3. The van der Waals surface area contributed by atoms with Gasteiger partial charge in [-0.05, 0) is 67.4 Å². The number of benzene rings is 2. The molecule has 0 aliphatic carbocycles. The lowest BCUT2D eigenvalue weighted by molar-refractivity contribution is -0.152. The van der Waals surface area contributed by atoms with Gasteiger partial charge in [0.15, 0.2) is 5.92 Å². The molecule has 0 aliphatic rings. The van der Waals surface area contributed by atoms with Crippen molar-refractivity contribution in [1.82, 2.24) is 10.7 Å². The molecule has 2 rings (SSSR count). The van der Waals surface area contributed by atoms with E-state index in [9.17, 15) is 19.2 Å². The third-order valence-electron chi connectivity index (χ3n) is 4.81. The molecule has 0 fully saturated rings. The van der Waals surface area contributed by atoms with Gasteiger partial charge in [0.25, 0.3) is 0 Å². The van der Waals surface area contributed by atoms with E-state index in [1.165, 1.54) is 12.2 Å². The van der Waals surface area contributed by atoms with Crippen LogP contribution in [-0.4, -0.2) is 42.7 Å². The van der Waals surface area contributed by atoms with Crippen LogP contribution in [0.15, 0.2) is 48.5 Å². The summed E-state index contributed by atoms with van der Waals surface area (Å²) in [6, 6.07) is 11.1. The summed E-state index contributed by atoms with van der Waals surface area (Å²) in [4.78, 5) is 48.2. The Morgan fingerprint density at radius 1 is 1.09 bits per heavy atom. The average molecular weight is 482 g/mol. The first-order chi connectivity index (χ1) is 16.7. The third-order valence-corrected chi connectivity index (χ3v) is 4.81. The van der Waals surface area contributed by atoms with Gasteiger partial charge in [-0.2, -0.15) is 0 Å². The van der Waals surface area contributed by atoms with Crippen LogP contribution in [0.25, 0.3) is 6.08 Å². The second-order valence-corrected chi connectivity index (χ2v) is 7.29. The SMILES string of the molecule is CCOC(=O)C(CNC(=O)/C=C/c1ccc(C(=O)Oc2ccc(C(=N)N)cc2)cc1C)C(=O)NN. The average Bonchev–Trinajstić information content (AvgIpc) is 2.83. The first-order valence-electron chi connectivity index (χ1n) is 10.6. The fraction of sp³-hybridized carbons (Fsp3) is 0.208. The number of nitrogen functional groups attached to an aromatic ring is 1. The van der Waals surface area contributed by atoms with Gasteiger partial charge in [0.05, 0.1) is 12.2 Å². The number of nitrogens with one attached hydrogen (secondary N) is 3. The Morgan fingerprint density at radius 3 is 2.31 bits per heavy atom. The van der Waals surface area contributed by atoms with Gasteiger partial charge in [-0.15, -0.1) is 0 Å². The molecule has 35 heavy (non-hydrogen) atoms. The predicted octanol–water partition coefficient (Wildman–Crippen LogP) is 0.797. The smallest absolute Gasteiger partial charge is 0.343 e. The fourth-order valence-electron chi connectivity index (χ4n) is 2.91. The summed E-state index contributed by atoms with van der Waals surface area (Å²) < 4.78 is 10.1. The van der Waals surface area contributed by atoms with E-state index in [0.29, 0.717) is 28.0 Å². The zero-order chi connectivity index (χ0) is 26.0. The van der Waals surface area contributed by atoms with Crippen molar-refractivity contribution in [1.29, 1.82) is 5.41 Å². The summed E-state index contributed by atoms with van der Waals surface area (Å²) in [7, 11) is 0. The molecule has 0 heterocycles. The lowest BCUT2D eigenvalue weighted by Crippen LogP contribution is -2.45. The van der Waals surface area contributed by atoms with Crippen molar-refractivity contribution in [2.75, 3.05) is 13.2 Å². The molecule has 1 unspecified atom stereocenters. The molecule has 0 radical (unpaired) electrons. The Hall–Kier alpha value is -4.51. The van der Waals surface area contributed by atoms with Crippen molar-refractivity contribution in [3.8, 4) is 5.75 Å². The van der Waals surface area contributed by atoms with Gasteiger partial charge in [-0.1, -0.05) is 6.07 Å². The van der Waals surface area contributed by atoms with Crippen molar-refractivity contribution in [2.45, 2.75) is 13.8 Å². The predicted molar refractivity (Wildman–Crippen MR) is 128 cm³/mol. The molecular weight excluding hydrogens is 454 g/mol. The van der Waals surface area contributed by atoms with E-state index in [1.807, 2.05) is 5.43 Å². The summed E-state index contributed by atoms with van der Waals surface area (Å²) >= 11 is 0. The number of ether oxygens (including phenoxy) is 2. The van der Waals surface area contributed by atoms with Crippen LogP contribution in [0.3, 0.4) is 0 Å². The molecule has 0 aliphatic heterocycles. The number of carbonyl (C=O) groups excluding carboxylic acids is 4. The summed E-state index contributed by atoms with van der Waals surface area (Å²) in [6.45, 7) is 3.15. The van der Waals surface area contributed by atoms with E-state index in [1.54, 1.807) is 56.3 Å². The molecule has 184 valence electrons. The highest BCUT2D eigenvalue weighted by Gasteiger charge is 2.27. The quantitative estimate of drug-likeness (QED) is 0.0379. The van der Waals surface area contributed by atoms with Crippen LogP contribution in [0.5, 0.6) is 5.75 Å². The maximum absolute atomic E-state index is 12.4. The maximum Gasteiger partial charge on any atom is 0.343 e. The monoisotopic (exact) mass is 481 g/mol. The standard InChI is InChI=1S/C24H27N5O6/c1-3-34-24(33)19(22(31)29-27)13-28-20(30)11-8-15-4-5-17(12-14(15)2)23(32)35-18-9-6-16(7-10-18)21(25)26/h4-12,19H,3,13,27H2,1-2H3,(H3,25,26)(H,28,30)(H,29,31)/b11-8+. The molecule has 2 amide bonds. The molecule has 11 heteroatoms. The van der Waals surface area contributed by atoms with E-state index in [0.717, 1.165) is 0 Å². The molecule has 0 aromatic heterocycles. The summed E-state index contributed by atoms with van der Waals surface area (Å²) in [6.07, 6.45) is 2.77. The highest BCUT2D eigenvalue weighted by molar-refractivity contribution is 5.99. The van der Waals surface area contributed by atoms with Crippen LogP contribution in [0.1, 0.15) is 34.0 Å². The molecule has 7 N–H and O–H groups in total. The minimum Gasteiger partial charge on any atom is -0.465 e. The Balaban J connectivity index is 1.99. The fourth-order valence-corrected chi connectivity index (χ4v) is 2.91. The highest BCUT2D eigenvalue weighted by Crippen LogP contribution is 2.17. The molecule has 11 nitrogen and oxygen atoms in total. The minimum atomic E-state index is -1.28. The van der Waals surface area contributed by atoms with Gasteiger partial charge in [0, 0.05) is 18.2 Å². The molecule has 2 aromatic carbocycles. The maximum atomic E-state index is 12.4. The number of aryl methyl sites for hydroxylation is 1. The number of hydrazine groups is 1. The number of esters is 2. The van der Waals surface area contributed by atoms with E-state index < -0.39 is 29.7 Å². The number of amidine groups is 1. The summed E-state index contributed by atoms with van der Waals surface area (Å²) in [5, 5.41) is 9.84. The van der Waals surface area contributed by atoms with Gasteiger partial charge in [0.2, 0.25) is 11.8 Å². The molecular formula is C24H27N5O6. The molecule has 0 bridgehead atoms. The van der Waals surface area contributed by atoms with Crippen LogP contribution in [-0.2, 0) is 19.1 Å². The van der Waals surface area contributed by atoms with Crippen molar-refractivity contribution in [2.24, 2.45) is 17.5 Å². The van der Waals surface area contributed by atoms with Crippen LogP contribution < -0.4 is 27.1 Å². The largest absolute Gasteiger partial charge is 0.465 e. The first kappa shape index (κ1) is 26.7. The topological polar surface area (TPSA) is 187 Å². The Kier molecular flexibility index (Phi) is 9.67. The lowest BCUT2D eigenvalue weighted by Gasteiger charge is -2.14. The molecule has 0 saturated carbocycles. The molecule has 1 atom stereocenters. The van der Waals surface area contributed by atoms with Gasteiger partial charge < -0.3 is 20.5 Å². The number of nitrogens with two attached hydrogens (primary N) is 2. The van der Waals surface area contributed by atoms with Gasteiger partial charge in [-0.25, -0.2) is 10.6 Å². The lowest BCUT2D eigenvalue weighted by atomic mass is 10.0. The van der Waals surface area contributed by atoms with Crippen LogP contribution in [0.2, 0.25) is 0 Å². The summed E-state index contributed by atoms with van der Waals surface area (Å²) in [5.41, 5.74) is 9.48. The van der Waals surface area contributed by atoms with Crippen molar-refractivity contribution >= 4 is 35.7 Å². The second-order valence-electron chi connectivity index (χ2n) is 7.29. The van der Waals surface area contributed by atoms with E-state index in [-0.39, 0.29) is 19.0 Å². The van der Waals surface area contributed by atoms with Crippen molar-refractivity contribution in [3.05, 3.63) is 70.8 Å². The van der Waals surface area contributed by atoms with Crippen LogP contribution in [0.4, 0.5) is 0 Å². The number of rotatable bonds is 10. The third kappa shape index (κ3) is 7.79. The van der Waals surface area contributed by atoms with Crippen LogP contribution >= 0.6 is 0 Å². The number of hydrogen-bond acceptors (Lipinski definition) is 8. The summed E-state index contributed by atoms with van der Waals surface area (Å²) in [5.74, 6) is 1.34. The normalized spacial score (nSPS) is 11.4. The minimum absolute atomic E-state index is 0.0794. The Labute approximate surface area is 201 Å². The number of hydrogen-bond donors (Lipinski definition) is 5. The van der Waals surface area contributed by atoms with Gasteiger partial charge in [0.1, 0.15) is 11.6 Å². The first-order valence-corrected chi connectivity index (χ1v) is 10.6. The number of amides is 2. The van der Waals surface area contributed by atoms with E-state index in [4.69, 9.17) is 26.5 Å². The van der Waals surface area contributed by atoms with Crippen molar-refractivity contribution < 1.29 is 28.7 Å². The van der Waals surface area contributed by atoms with E-state index in [2.05, 4.69) is 5.32 Å². The van der Waals surface area contributed by atoms with Gasteiger partial charge >= 0.3 is 11.9 Å². The Morgan fingerprint density at radius 2 is 1.74 bits per heavy atom. The zero-order valence-corrected chi connectivity index (χ0v) is 19.3. The van der Waals surface area contributed by atoms with Crippen molar-refractivity contribution in [3.63, 3.8) is 0 Å². The Bertz CT molecular complexity index is 1140.